The molecule has 0 unspecified atom stereocenters. The van der Waals surface area contributed by atoms with Gasteiger partial charge in [0.2, 0.25) is 5.91 Å². The molecule has 0 radical (unpaired) electrons. The minimum Gasteiger partial charge on any atom is -0.468 e. The molecule has 1 aliphatic carbocycles. The lowest BCUT2D eigenvalue weighted by Gasteiger charge is -2.31. The number of nitrogens with one attached hydrogen (secondary N) is 1. The van der Waals surface area contributed by atoms with Crippen LogP contribution in [0.4, 0.5) is 0 Å². The van der Waals surface area contributed by atoms with E-state index in [9.17, 15) is 14.4 Å². The van der Waals surface area contributed by atoms with Crippen molar-refractivity contribution in [3.63, 3.8) is 0 Å². The number of methoxy groups -OCH3 is 2. The van der Waals surface area contributed by atoms with E-state index in [1.54, 1.807) is 0 Å². The molecule has 0 spiro atoms. The average Bonchev–Trinajstić information content (AvgIpc) is 3.09. The van der Waals surface area contributed by atoms with Crippen molar-refractivity contribution in [3.8, 4) is 0 Å². The highest BCUT2D eigenvalue weighted by Gasteiger charge is 2.50. The predicted molar refractivity (Wildman–Crippen MR) is 105 cm³/mol. The maximum absolute atomic E-state index is 12.8. The van der Waals surface area contributed by atoms with Gasteiger partial charge in [-0.15, -0.1) is 0 Å². The number of hydrogen-bond donors (Lipinski definition) is 1. The first-order chi connectivity index (χ1) is 13.3. The van der Waals surface area contributed by atoms with Crippen LogP contribution in [0.2, 0.25) is 0 Å². The van der Waals surface area contributed by atoms with Gasteiger partial charge >= 0.3 is 11.9 Å². The molecule has 1 fully saturated rings. The van der Waals surface area contributed by atoms with Crippen molar-refractivity contribution >= 4 is 23.6 Å². The molecule has 1 aromatic carbocycles. The zero-order valence-corrected chi connectivity index (χ0v) is 16.9. The van der Waals surface area contributed by atoms with Crippen molar-refractivity contribution in [1.82, 2.24) is 5.32 Å². The summed E-state index contributed by atoms with van der Waals surface area (Å²) in [5.41, 5.74) is 0.682. The summed E-state index contributed by atoms with van der Waals surface area (Å²) in [6.07, 6.45) is 1.96. The predicted octanol–water partition coefficient (Wildman–Crippen LogP) is 2.60. The number of rotatable bonds is 7. The van der Waals surface area contributed by atoms with Crippen molar-refractivity contribution in [1.29, 1.82) is 0 Å². The molecule has 1 aromatic rings. The average molecular weight is 388 g/mol. The summed E-state index contributed by atoms with van der Waals surface area (Å²) in [4.78, 5) is 41.4. The summed E-state index contributed by atoms with van der Waals surface area (Å²) in [5.74, 6) is -1.41. The molecule has 0 aromatic heterocycles. The zero-order valence-electron chi connectivity index (χ0n) is 16.9. The number of benzene rings is 1. The molecular weight excluding hydrogens is 360 g/mol. The molecule has 0 aliphatic heterocycles. The van der Waals surface area contributed by atoms with Gasteiger partial charge in [-0.05, 0) is 38.2 Å². The Labute approximate surface area is 165 Å². The zero-order chi connectivity index (χ0) is 20.7. The SMILES string of the molecule is COC(=O)[C@H](C[C@@]1(C(=O)OC)CCC/C1=N\[C@@H](C)c1ccccc1)NC(C)=O. The van der Waals surface area contributed by atoms with Crippen LogP contribution in [0, 0.1) is 5.41 Å². The molecule has 0 bridgehead atoms. The van der Waals surface area contributed by atoms with Crippen molar-refractivity contribution in [3.05, 3.63) is 35.9 Å². The van der Waals surface area contributed by atoms with Crippen molar-refractivity contribution in [2.75, 3.05) is 14.2 Å². The summed E-state index contributed by atoms with van der Waals surface area (Å²) >= 11 is 0. The highest BCUT2D eigenvalue weighted by molar-refractivity contribution is 6.08. The number of amides is 1. The van der Waals surface area contributed by atoms with Crippen molar-refractivity contribution in [2.24, 2.45) is 10.4 Å². The summed E-state index contributed by atoms with van der Waals surface area (Å²) in [6, 6.07) is 8.70. The maximum atomic E-state index is 12.8. The summed E-state index contributed by atoms with van der Waals surface area (Å²) in [6.45, 7) is 3.29. The Morgan fingerprint density at radius 1 is 1.18 bits per heavy atom. The van der Waals surface area contributed by atoms with E-state index in [0.717, 1.165) is 12.0 Å². The topological polar surface area (TPSA) is 94.1 Å². The standard InChI is InChI=1S/C21H28N2O5/c1-14(16-9-6-5-7-10-16)22-18-11-8-12-21(18,20(26)28-4)13-17(19(25)27-3)23-15(2)24/h5-7,9-10,14,17H,8,11-13H2,1-4H3,(H,23,24)/b22-18+/t14-,17-,21-/m0/s1. The highest BCUT2D eigenvalue weighted by atomic mass is 16.5. The summed E-state index contributed by atoms with van der Waals surface area (Å²) in [7, 11) is 2.58. The van der Waals surface area contributed by atoms with Crippen LogP contribution in [0.5, 0.6) is 0 Å². The fourth-order valence-corrected chi connectivity index (χ4v) is 3.82. The van der Waals surface area contributed by atoms with E-state index in [2.05, 4.69) is 5.32 Å². The van der Waals surface area contributed by atoms with Crippen LogP contribution < -0.4 is 5.32 Å². The highest BCUT2D eigenvalue weighted by Crippen LogP contribution is 2.42. The number of hydrogen-bond acceptors (Lipinski definition) is 6. The van der Waals surface area contributed by atoms with Gasteiger partial charge in [0, 0.05) is 12.6 Å². The minimum absolute atomic E-state index is 0.0618. The van der Waals surface area contributed by atoms with Crippen LogP contribution in [-0.4, -0.2) is 43.8 Å². The van der Waals surface area contributed by atoms with E-state index in [-0.39, 0.29) is 18.4 Å². The molecule has 0 saturated heterocycles. The second-order valence-electron chi connectivity index (χ2n) is 7.07. The fraction of sp³-hybridized carbons (Fsp3) is 0.524. The lowest BCUT2D eigenvalue weighted by molar-refractivity contribution is -0.152. The lowest BCUT2D eigenvalue weighted by atomic mass is 9.78. The normalized spacial score (nSPS) is 22.4. The van der Waals surface area contributed by atoms with Gasteiger partial charge < -0.3 is 14.8 Å². The number of carbonyl (C=O) groups excluding carboxylic acids is 3. The number of nitrogens with zero attached hydrogens (tertiary/aromatic N) is 1. The third kappa shape index (κ3) is 4.77. The Morgan fingerprint density at radius 3 is 2.43 bits per heavy atom. The van der Waals surface area contributed by atoms with Gasteiger partial charge in [-0.1, -0.05) is 30.3 Å². The molecule has 1 saturated carbocycles. The van der Waals surface area contributed by atoms with E-state index < -0.39 is 23.4 Å². The van der Waals surface area contributed by atoms with Gasteiger partial charge in [0.25, 0.3) is 0 Å². The minimum atomic E-state index is -1.06. The monoisotopic (exact) mass is 388 g/mol. The van der Waals surface area contributed by atoms with E-state index in [4.69, 9.17) is 14.5 Å². The molecule has 0 heterocycles. The van der Waals surface area contributed by atoms with Crippen LogP contribution >= 0.6 is 0 Å². The second-order valence-corrected chi connectivity index (χ2v) is 7.07. The first-order valence-corrected chi connectivity index (χ1v) is 9.39. The van der Waals surface area contributed by atoms with E-state index in [1.165, 1.54) is 21.1 Å². The summed E-state index contributed by atoms with van der Waals surface area (Å²) in [5, 5.41) is 2.59. The second kappa shape index (κ2) is 9.48. The Kier molecular flexibility index (Phi) is 7.31. The number of aliphatic imine (C=N–C) groups is 1. The number of esters is 2. The van der Waals surface area contributed by atoms with Crippen LogP contribution in [0.15, 0.2) is 35.3 Å². The molecule has 152 valence electrons. The van der Waals surface area contributed by atoms with Gasteiger partial charge in [0.1, 0.15) is 11.5 Å². The smallest absolute Gasteiger partial charge is 0.328 e. The third-order valence-corrected chi connectivity index (χ3v) is 5.19. The molecule has 1 aliphatic rings. The quantitative estimate of drug-likeness (QED) is 0.725. The molecule has 28 heavy (non-hydrogen) atoms. The third-order valence-electron chi connectivity index (χ3n) is 5.19. The van der Waals surface area contributed by atoms with Gasteiger partial charge in [0.15, 0.2) is 0 Å². The molecule has 1 N–H and O–H groups in total. The first kappa shape index (κ1) is 21.6. The van der Waals surface area contributed by atoms with Gasteiger partial charge in [-0.3, -0.25) is 14.6 Å². The molecule has 7 heteroatoms. The molecule has 3 atom stereocenters. The van der Waals surface area contributed by atoms with E-state index in [0.29, 0.717) is 18.6 Å². The molecule has 1 amide bonds. The Balaban J connectivity index is 2.41. The molecule has 7 nitrogen and oxygen atoms in total. The fourth-order valence-electron chi connectivity index (χ4n) is 3.82. The molecular formula is C21H28N2O5. The largest absolute Gasteiger partial charge is 0.468 e. The van der Waals surface area contributed by atoms with Crippen LogP contribution in [0.25, 0.3) is 0 Å². The Hall–Kier alpha value is -2.70. The van der Waals surface area contributed by atoms with E-state index >= 15 is 0 Å². The lowest BCUT2D eigenvalue weighted by Crippen LogP contribution is -2.48. The number of carbonyl (C=O) groups is 3. The maximum Gasteiger partial charge on any atom is 0.328 e. The molecule has 2 rings (SSSR count). The Bertz CT molecular complexity index is 746. The van der Waals surface area contributed by atoms with Crippen molar-refractivity contribution < 1.29 is 23.9 Å². The summed E-state index contributed by atoms with van der Waals surface area (Å²) < 4.78 is 9.91. The van der Waals surface area contributed by atoms with Gasteiger partial charge in [0.05, 0.1) is 20.3 Å². The van der Waals surface area contributed by atoms with Crippen molar-refractivity contribution in [2.45, 2.75) is 51.6 Å². The Morgan fingerprint density at radius 2 is 1.86 bits per heavy atom. The first-order valence-electron chi connectivity index (χ1n) is 9.39. The van der Waals surface area contributed by atoms with Crippen LogP contribution in [0.3, 0.4) is 0 Å². The van der Waals surface area contributed by atoms with Gasteiger partial charge in [-0.25, -0.2) is 4.79 Å². The van der Waals surface area contributed by atoms with E-state index in [1.807, 2.05) is 37.3 Å². The van der Waals surface area contributed by atoms with Crippen LogP contribution in [0.1, 0.15) is 51.1 Å². The van der Waals surface area contributed by atoms with Crippen LogP contribution in [-0.2, 0) is 23.9 Å². The number of ether oxygens (including phenoxy) is 2. The van der Waals surface area contributed by atoms with Gasteiger partial charge in [-0.2, -0.15) is 0 Å².